The van der Waals surface area contributed by atoms with Gasteiger partial charge in [0.25, 0.3) is 5.91 Å². The van der Waals surface area contributed by atoms with Gasteiger partial charge in [0.15, 0.2) is 12.4 Å². The zero-order valence-electron chi connectivity index (χ0n) is 17.5. The number of ether oxygens (including phenoxy) is 1. The summed E-state index contributed by atoms with van der Waals surface area (Å²) >= 11 is 6.03. The van der Waals surface area contributed by atoms with Crippen LogP contribution in [0.4, 0.5) is 5.69 Å². The molecule has 2 amide bonds. The minimum Gasteiger partial charge on any atom is -0.454 e. The van der Waals surface area contributed by atoms with E-state index >= 15 is 0 Å². The summed E-state index contributed by atoms with van der Waals surface area (Å²) in [4.78, 5) is 48.9. The third-order valence-corrected chi connectivity index (χ3v) is 4.77. The van der Waals surface area contributed by atoms with E-state index in [4.69, 9.17) is 16.3 Å². The van der Waals surface area contributed by atoms with E-state index in [1.165, 1.54) is 18.2 Å². The predicted octanol–water partition coefficient (Wildman–Crippen LogP) is 3.41. The fourth-order valence-corrected chi connectivity index (χ4v) is 3.13. The average molecular weight is 465 g/mol. The van der Waals surface area contributed by atoms with E-state index in [1.807, 2.05) is 18.2 Å². The summed E-state index contributed by atoms with van der Waals surface area (Å²) in [6, 6.07) is 22.1. The second-order valence-corrected chi connectivity index (χ2v) is 7.47. The fraction of sp³-hybridized carbons (Fsp3) is 0.120. The molecule has 0 aliphatic heterocycles. The first-order chi connectivity index (χ1) is 15.9. The molecule has 0 saturated heterocycles. The fourth-order valence-electron chi connectivity index (χ4n) is 2.96. The third kappa shape index (κ3) is 7.29. The number of nitrogens with one attached hydrogen (secondary N) is 2. The van der Waals surface area contributed by atoms with Crippen LogP contribution >= 0.6 is 11.6 Å². The SMILES string of the molecule is O=C(Cc1ccccc1)NCC(=O)OCC(=O)Nc1ccc(Cl)cc1C(=O)c1ccccc1. The van der Waals surface area contributed by atoms with Crippen LogP contribution in [0.5, 0.6) is 0 Å². The van der Waals surface area contributed by atoms with Crippen LogP contribution in [0.1, 0.15) is 21.5 Å². The van der Waals surface area contributed by atoms with E-state index in [0.29, 0.717) is 10.6 Å². The van der Waals surface area contributed by atoms with Crippen molar-refractivity contribution in [3.63, 3.8) is 0 Å². The highest BCUT2D eigenvalue weighted by Gasteiger charge is 2.17. The molecule has 3 aromatic rings. The van der Waals surface area contributed by atoms with Crippen molar-refractivity contribution in [2.24, 2.45) is 0 Å². The number of halogens is 1. The van der Waals surface area contributed by atoms with Gasteiger partial charge in [-0.3, -0.25) is 19.2 Å². The molecule has 0 unspecified atom stereocenters. The average Bonchev–Trinajstić information content (AvgIpc) is 2.83. The number of esters is 1. The minimum absolute atomic E-state index is 0.128. The van der Waals surface area contributed by atoms with Crippen LogP contribution in [0.25, 0.3) is 0 Å². The first-order valence-electron chi connectivity index (χ1n) is 10.1. The number of carbonyl (C=O) groups excluding carboxylic acids is 4. The van der Waals surface area contributed by atoms with Crippen molar-refractivity contribution >= 4 is 40.9 Å². The van der Waals surface area contributed by atoms with Gasteiger partial charge in [-0.05, 0) is 23.8 Å². The number of hydrogen-bond acceptors (Lipinski definition) is 5. The quantitative estimate of drug-likeness (QED) is 0.373. The van der Waals surface area contributed by atoms with Crippen LogP contribution in [0, 0.1) is 0 Å². The molecule has 0 bridgehead atoms. The number of amides is 2. The molecule has 168 valence electrons. The van der Waals surface area contributed by atoms with Gasteiger partial charge in [-0.15, -0.1) is 0 Å². The Kier molecular flexibility index (Phi) is 8.32. The molecule has 0 aromatic heterocycles. The first kappa shape index (κ1) is 23.7. The highest BCUT2D eigenvalue weighted by molar-refractivity contribution is 6.31. The number of rotatable bonds is 9. The Balaban J connectivity index is 1.51. The van der Waals surface area contributed by atoms with E-state index < -0.39 is 18.5 Å². The van der Waals surface area contributed by atoms with E-state index in [-0.39, 0.29) is 35.9 Å². The minimum atomic E-state index is -0.761. The van der Waals surface area contributed by atoms with E-state index in [2.05, 4.69) is 10.6 Å². The maximum Gasteiger partial charge on any atom is 0.325 e. The van der Waals surface area contributed by atoms with Gasteiger partial charge in [0.2, 0.25) is 5.91 Å². The van der Waals surface area contributed by atoms with Gasteiger partial charge in [0.1, 0.15) is 6.54 Å². The van der Waals surface area contributed by atoms with Crippen molar-refractivity contribution in [2.75, 3.05) is 18.5 Å². The van der Waals surface area contributed by atoms with Gasteiger partial charge in [-0.25, -0.2) is 0 Å². The Hall–Kier alpha value is -3.97. The molecule has 0 radical (unpaired) electrons. The van der Waals surface area contributed by atoms with Gasteiger partial charge in [-0.2, -0.15) is 0 Å². The first-order valence-corrected chi connectivity index (χ1v) is 10.5. The Bertz CT molecular complexity index is 1150. The molecule has 0 aliphatic rings. The lowest BCUT2D eigenvalue weighted by molar-refractivity contribution is -0.147. The van der Waals surface area contributed by atoms with E-state index in [0.717, 1.165) is 5.56 Å². The summed E-state index contributed by atoms with van der Waals surface area (Å²) in [5.74, 6) is -2.05. The van der Waals surface area contributed by atoms with Crippen LogP contribution in [0.15, 0.2) is 78.9 Å². The van der Waals surface area contributed by atoms with Crippen molar-refractivity contribution in [3.05, 3.63) is 101 Å². The van der Waals surface area contributed by atoms with Crippen molar-refractivity contribution < 1.29 is 23.9 Å². The van der Waals surface area contributed by atoms with Gasteiger partial charge in [0.05, 0.1) is 12.1 Å². The summed E-state index contributed by atoms with van der Waals surface area (Å²) in [7, 11) is 0. The van der Waals surface area contributed by atoms with Gasteiger partial charge in [0, 0.05) is 16.1 Å². The van der Waals surface area contributed by atoms with Gasteiger partial charge >= 0.3 is 5.97 Å². The van der Waals surface area contributed by atoms with Crippen LogP contribution in [-0.4, -0.2) is 36.7 Å². The molecule has 0 fully saturated rings. The Morgan fingerprint density at radius 1 is 0.818 bits per heavy atom. The topological polar surface area (TPSA) is 102 Å². The Morgan fingerprint density at radius 3 is 2.18 bits per heavy atom. The summed E-state index contributed by atoms with van der Waals surface area (Å²) in [5.41, 5.74) is 1.70. The zero-order chi connectivity index (χ0) is 23.6. The Morgan fingerprint density at radius 2 is 1.48 bits per heavy atom. The van der Waals surface area contributed by atoms with Crippen LogP contribution in [-0.2, 0) is 25.5 Å². The normalized spacial score (nSPS) is 10.2. The molecule has 0 aliphatic carbocycles. The van der Waals surface area contributed by atoms with Crippen LogP contribution in [0.3, 0.4) is 0 Å². The van der Waals surface area contributed by atoms with E-state index in [1.54, 1.807) is 42.5 Å². The molecule has 0 heterocycles. The van der Waals surface area contributed by atoms with Crippen molar-refractivity contribution in [1.29, 1.82) is 0 Å². The molecule has 3 rings (SSSR count). The highest BCUT2D eigenvalue weighted by atomic mass is 35.5. The van der Waals surface area contributed by atoms with Gasteiger partial charge in [-0.1, -0.05) is 72.3 Å². The molecule has 0 spiro atoms. The molecule has 0 saturated carbocycles. The van der Waals surface area contributed by atoms with Crippen molar-refractivity contribution in [1.82, 2.24) is 5.32 Å². The molecule has 33 heavy (non-hydrogen) atoms. The zero-order valence-corrected chi connectivity index (χ0v) is 18.3. The smallest absolute Gasteiger partial charge is 0.325 e. The van der Waals surface area contributed by atoms with Crippen LogP contribution < -0.4 is 10.6 Å². The molecule has 7 nitrogen and oxygen atoms in total. The van der Waals surface area contributed by atoms with Crippen molar-refractivity contribution in [3.8, 4) is 0 Å². The Labute approximate surface area is 195 Å². The molecular formula is C25H21ClN2O5. The molecule has 2 N–H and O–H groups in total. The summed E-state index contributed by atoms with van der Waals surface area (Å²) in [5, 5.41) is 5.34. The number of carbonyl (C=O) groups is 4. The second kappa shape index (κ2) is 11.6. The lowest BCUT2D eigenvalue weighted by Gasteiger charge is -2.12. The number of hydrogen-bond donors (Lipinski definition) is 2. The lowest BCUT2D eigenvalue weighted by atomic mass is 10.0. The van der Waals surface area contributed by atoms with Gasteiger partial charge < -0.3 is 15.4 Å². The monoisotopic (exact) mass is 464 g/mol. The lowest BCUT2D eigenvalue weighted by Crippen LogP contribution is -2.33. The van der Waals surface area contributed by atoms with Crippen LogP contribution in [0.2, 0.25) is 5.02 Å². The van der Waals surface area contributed by atoms with E-state index in [9.17, 15) is 19.2 Å². The standard InChI is InChI=1S/C25H21ClN2O5/c26-19-11-12-21(20(14-19)25(32)18-9-5-2-6-10-18)28-23(30)16-33-24(31)15-27-22(29)13-17-7-3-1-4-8-17/h1-12,14H,13,15-16H2,(H,27,29)(H,28,30). The molecule has 0 atom stereocenters. The maximum absolute atomic E-state index is 12.8. The van der Waals surface area contributed by atoms with Crippen molar-refractivity contribution in [2.45, 2.75) is 6.42 Å². The summed E-state index contributed by atoms with van der Waals surface area (Å²) in [6.45, 7) is -0.938. The number of anilines is 1. The number of ketones is 1. The molecule has 8 heteroatoms. The largest absolute Gasteiger partial charge is 0.454 e. The second-order valence-electron chi connectivity index (χ2n) is 7.03. The number of benzene rings is 3. The highest BCUT2D eigenvalue weighted by Crippen LogP contribution is 2.23. The predicted molar refractivity (Wildman–Crippen MR) is 124 cm³/mol. The third-order valence-electron chi connectivity index (χ3n) is 4.54. The molecular weight excluding hydrogens is 444 g/mol. The maximum atomic E-state index is 12.8. The summed E-state index contributed by atoms with van der Waals surface area (Å²) < 4.78 is 4.91. The molecule has 3 aromatic carbocycles. The summed E-state index contributed by atoms with van der Waals surface area (Å²) in [6.07, 6.45) is 0.128.